The van der Waals surface area contributed by atoms with Gasteiger partial charge < -0.3 is 25.4 Å². The van der Waals surface area contributed by atoms with Crippen LogP contribution in [0.15, 0.2) is 48.5 Å². The molecule has 0 saturated carbocycles. The van der Waals surface area contributed by atoms with Crippen molar-refractivity contribution in [3.63, 3.8) is 0 Å². The normalized spacial score (nSPS) is 17.8. The summed E-state index contributed by atoms with van der Waals surface area (Å²) in [4.78, 5) is 50.5. The van der Waals surface area contributed by atoms with Crippen molar-refractivity contribution in [1.82, 2.24) is 15.5 Å². The largest absolute Gasteiger partial charge is 0.481 e. The maximum Gasteiger partial charge on any atom is 0.407 e. The number of benzene rings is 2. The first-order valence-electron chi connectivity index (χ1n) is 11.7. The predicted molar refractivity (Wildman–Crippen MR) is 128 cm³/mol. The lowest BCUT2D eigenvalue weighted by molar-refractivity contribution is -0.139. The van der Waals surface area contributed by atoms with Crippen LogP contribution in [0.5, 0.6) is 0 Å². The summed E-state index contributed by atoms with van der Waals surface area (Å²) in [6.07, 6.45) is -0.0230. The van der Waals surface area contributed by atoms with E-state index in [2.05, 4.69) is 10.6 Å². The number of fused-ring (bicyclic) bond motifs is 3. The van der Waals surface area contributed by atoms with Crippen LogP contribution >= 0.6 is 0 Å². The summed E-state index contributed by atoms with van der Waals surface area (Å²) in [6, 6.07) is 14.0. The Labute approximate surface area is 203 Å². The van der Waals surface area contributed by atoms with Gasteiger partial charge in [0.15, 0.2) is 0 Å². The molecule has 2 aliphatic rings. The lowest BCUT2D eigenvalue weighted by atomic mass is 9.98. The first-order valence-corrected chi connectivity index (χ1v) is 11.7. The highest BCUT2D eigenvalue weighted by Gasteiger charge is 2.32. The van der Waals surface area contributed by atoms with Gasteiger partial charge in [-0.1, -0.05) is 48.5 Å². The molecule has 3 N–H and O–H groups in total. The summed E-state index contributed by atoms with van der Waals surface area (Å²) in [6.45, 7) is 0.685. The van der Waals surface area contributed by atoms with Gasteiger partial charge >= 0.3 is 12.1 Å². The third-order valence-electron chi connectivity index (χ3n) is 6.58. The minimum absolute atomic E-state index is 0.0685. The van der Waals surface area contributed by atoms with E-state index in [0.29, 0.717) is 13.0 Å². The molecule has 2 aromatic carbocycles. The maximum atomic E-state index is 12.9. The van der Waals surface area contributed by atoms with Gasteiger partial charge in [0.1, 0.15) is 18.7 Å². The van der Waals surface area contributed by atoms with E-state index < -0.39 is 30.1 Å². The van der Waals surface area contributed by atoms with Gasteiger partial charge in [0.05, 0.1) is 0 Å². The quantitative estimate of drug-likeness (QED) is 0.534. The van der Waals surface area contributed by atoms with Crippen LogP contribution in [0.2, 0.25) is 0 Å². The van der Waals surface area contributed by atoms with Crippen molar-refractivity contribution in [2.75, 3.05) is 20.2 Å². The number of nitrogens with one attached hydrogen (secondary N) is 2. The number of likely N-dealkylation sites (tertiary alicyclic amines) is 1. The minimum atomic E-state index is -1.14. The second-order valence-corrected chi connectivity index (χ2v) is 8.92. The lowest BCUT2D eigenvalue weighted by Crippen LogP contribution is -2.55. The SMILES string of the molecule is CN1CCCC(NC(=O)C(CCC(=O)O)NC(=O)OCC2c3ccccc3-c3ccccc32)C1=O. The topological polar surface area (TPSA) is 125 Å². The van der Waals surface area contributed by atoms with Gasteiger partial charge in [-0.05, 0) is 41.5 Å². The molecule has 1 heterocycles. The van der Waals surface area contributed by atoms with Crippen LogP contribution < -0.4 is 10.6 Å². The van der Waals surface area contributed by atoms with E-state index in [0.717, 1.165) is 28.7 Å². The number of carboxylic acids is 1. The van der Waals surface area contributed by atoms with Crippen LogP contribution in [0.25, 0.3) is 11.1 Å². The molecule has 1 saturated heterocycles. The summed E-state index contributed by atoms with van der Waals surface area (Å²) in [5, 5.41) is 14.2. The van der Waals surface area contributed by atoms with E-state index in [9.17, 15) is 19.2 Å². The Morgan fingerprint density at radius 1 is 1.09 bits per heavy atom. The number of nitrogens with zero attached hydrogens (tertiary/aromatic N) is 1. The molecule has 2 unspecified atom stereocenters. The monoisotopic (exact) mass is 479 g/mol. The minimum Gasteiger partial charge on any atom is -0.481 e. The molecule has 0 bridgehead atoms. The first-order chi connectivity index (χ1) is 16.8. The summed E-state index contributed by atoms with van der Waals surface area (Å²) in [7, 11) is 1.66. The molecule has 1 aliphatic heterocycles. The highest BCUT2D eigenvalue weighted by atomic mass is 16.5. The Bertz CT molecular complexity index is 1090. The Morgan fingerprint density at radius 3 is 2.34 bits per heavy atom. The van der Waals surface area contributed by atoms with E-state index in [1.165, 1.54) is 0 Å². The number of hydrogen-bond acceptors (Lipinski definition) is 5. The van der Waals surface area contributed by atoms with Crippen LogP contribution in [0, 0.1) is 0 Å². The molecular formula is C26H29N3O6. The second-order valence-electron chi connectivity index (χ2n) is 8.92. The molecule has 1 aliphatic carbocycles. The van der Waals surface area contributed by atoms with Gasteiger partial charge in [-0.3, -0.25) is 14.4 Å². The zero-order valence-electron chi connectivity index (χ0n) is 19.5. The van der Waals surface area contributed by atoms with Crippen molar-refractivity contribution in [1.29, 1.82) is 0 Å². The number of ether oxygens (including phenoxy) is 1. The van der Waals surface area contributed by atoms with Gasteiger partial charge in [0, 0.05) is 25.9 Å². The molecule has 0 radical (unpaired) electrons. The fourth-order valence-electron chi connectivity index (χ4n) is 4.76. The van der Waals surface area contributed by atoms with Crippen LogP contribution in [0.3, 0.4) is 0 Å². The third kappa shape index (κ3) is 5.45. The Hall–Kier alpha value is -3.88. The van der Waals surface area contributed by atoms with E-state index in [1.807, 2.05) is 48.5 Å². The number of aliphatic carboxylic acids is 1. The van der Waals surface area contributed by atoms with E-state index >= 15 is 0 Å². The number of carbonyl (C=O) groups excluding carboxylic acids is 3. The number of piperidine rings is 1. The molecule has 2 atom stereocenters. The fraction of sp³-hybridized carbons (Fsp3) is 0.385. The van der Waals surface area contributed by atoms with Gasteiger partial charge in [0.25, 0.3) is 0 Å². The molecule has 1 fully saturated rings. The Kier molecular flexibility index (Phi) is 7.33. The summed E-state index contributed by atoms with van der Waals surface area (Å²) in [5.74, 6) is -2.04. The van der Waals surface area contributed by atoms with E-state index in [-0.39, 0.29) is 31.3 Å². The standard InChI is InChI=1S/C26H29N3O6/c1-29-14-6-11-22(25(29)33)27-24(32)21(12-13-23(30)31)28-26(34)35-15-20-18-9-4-2-7-16(18)17-8-3-5-10-19(17)20/h2-5,7-10,20-22H,6,11-15H2,1H3,(H,27,32)(H,28,34)(H,30,31). The van der Waals surface area contributed by atoms with Crippen LogP contribution in [-0.2, 0) is 19.1 Å². The molecule has 0 aromatic heterocycles. The van der Waals surface area contributed by atoms with E-state index in [1.54, 1.807) is 11.9 Å². The first kappa shape index (κ1) is 24.3. The smallest absolute Gasteiger partial charge is 0.407 e. The van der Waals surface area contributed by atoms with Crippen molar-refractivity contribution < 1.29 is 29.0 Å². The van der Waals surface area contributed by atoms with Crippen molar-refractivity contribution >= 4 is 23.9 Å². The van der Waals surface area contributed by atoms with Gasteiger partial charge in [-0.25, -0.2) is 4.79 Å². The molecular weight excluding hydrogens is 450 g/mol. The van der Waals surface area contributed by atoms with Crippen LogP contribution in [0.4, 0.5) is 4.79 Å². The number of carbonyl (C=O) groups is 4. The molecule has 3 amide bonds. The van der Waals surface area contributed by atoms with Crippen molar-refractivity contribution in [3.05, 3.63) is 59.7 Å². The van der Waals surface area contributed by atoms with Crippen LogP contribution in [0.1, 0.15) is 42.7 Å². The van der Waals surface area contributed by atoms with E-state index in [4.69, 9.17) is 9.84 Å². The zero-order chi connectivity index (χ0) is 24.9. The Morgan fingerprint density at radius 2 is 1.71 bits per heavy atom. The zero-order valence-corrected chi connectivity index (χ0v) is 19.5. The van der Waals surface area contributed by atoms with Crippen molar-refractivity contribution in [3.8, 4) is 11.1 Å². The summed E-state index contributed by atoms with van der Waals surface area (Å²) in [5.41, 5.74) is 4.30. The molecule has 0 spiro atoms. The summed E-state index contributed by atoms with van der Waals surface area (Å²) >= 11 is 0. The molecule has 35 heavy (non-hydrogen) atoms. The molecule has 184 valence electrons. The molecule has 4 rings (SSSR count). The average molecular weight is 480 g/mol. The fourth-order valence-corrected chi connectivity index (χ4v) is 4.76. The second kappa shape index (κ2) is 10.6. The number of amides is 3. The number of carboxylic acid groups (broad SMARTS) is 1. The highest BCUT2D eigenvalue weighted by molar-refractivity contribution is 5.91. The molecule has 9 nitrogen and oxygen atoms in total. The summed E-state index contributed by atoms with van der Waals surface area (Å²) < 4.78 is 5.50. The average Bonchev–Trinajstić information content (AvgIpc) is 3.17. The highest BCUT2D eigenvalue weighted by Crippen LogP contribution is 2.44. The van der Waals surface area contributed by atoms with Gasteiger partial charge in [-0.15, -0.1) is 0 Å². The third-order valence-corrected chi connectivity index (χ3v) is 6.58. The lowest BCUT2D eigenvalue weighted by Gasteiger charge is -2.30. The van der Waals surface area contributed by atoms with Gasteiger partial charge in [0.2, 0.25) is 11.8 Å². The van der Waals surface area contributed by atoms with Crippen LogP contribution in [-0.4, -0.2) is 66.2 Å². The van der Waals surface area contributed by atoms with Crippen molar-refractivity contribution in [2.45, 2.75) is 43.7 Å². The maximum absolute atomic E-state index is 12.9. The van der Waals surface area contributed by atoms with Gasteiger partial charge in [-0.2, -0.15) is 0 Å². The Balaban J connectivity index is 1.40. The van der Waals surface area contributed by atoms with Crippen molar-refractivity contribution in [2.24, 2.45) is 0 Å². The number of alkyl carbamates (subject to hydrolysis) is 1. The molecule has 9 heteroatoms. The number of rotatable bonds is 8. The number of likely N-dealkylation sites (N-methyl/N-ethyl adjacent to an activating group) is 1. The molecule has 2 aromatic rings. The number of hydrogen-bond donors (Lipinski definition) is 3. The predicted octanol–water partition coefficient (Wildman–Crippen LogP) is 2.50.